The van der Waals surface area contributed by atoms with Crippen LogP contribution in [0, 0.1) is 20.8 Å². The van der Waals surface area contributed by atoms with Crippen molar-refractivity contribution < 1.29 is 4.79 Å². The molecule has 0 saturated heterocycles. The molecule has 1 amide bonds. The van der Waals surface area contributed by atoms with Crippen molar-refractivity contribution in [3.8, 4) is 17.1 Å². The fourth-order valence-corrected chi connectivity index (χ4v) is 3.58. The molecule has 1 N–H and O–H groups in total. The molecule has 158 valence electrons. The van der Waals surface area contributed by atoms with E-state index in [1.54, 1.807) is 0 Å². The quantitative estimate of drug-likeness (QED) is 0.534. The number of amides is 1. The fourth-order valence-electron chi connectivity index (χ4n) is 3.58. The summed E-state index contributed by atoms with van der Waals surface area (Å²) in [4.78, 5) is 12.8. The zero-order valence-corrected chi connectivity index (χ0v) is 18.4. The smallest absolute Gasteiger partial charge is 0.251 e. The third-order valence-corrected chi connectivity index (χ3v) is 5.64. The van der Waals surface area contributed by atoms with Crippen LogP contribution < -0.4 is 5.32 Å². The number of carbonyl (C=O) groups excluding carboxylic acids is 1. The standard InChI is InChI=1S/C24H26N6O/c1-15-6-12-21(13-7-15)30-17(3)22(14-25-30)16(2)26-24(31)20-10-8-19(9-11-20)23-28-27-18(4)29(23)5/h6-14,16H,1-5H3,(H,26,31)/t16-/m0/s1. The topological polar surface area (TPSA) is 77.6 Å². The molecule has 2 aromatic carbocycles. The van der Waals surface area contributed by atoms with E-state index in [4.69, 9.17) is 0 Å². The monoisotopic (exact) mass is 414 g/mol. The normalized spacial score (nSPS) is 12.0. The summed E-state index contributed by atoms with van der Waals surface area (Å²) in [6.45, 7) is 7.95. The first-order valence-electron chi connectivity index (χ1n) is 10.2. The van der Waals surface area contributed by atoms with E-state index < -0.39 is 0 Å². The Morgan fingerprint density at radius 3 is 2.26 bits per heavy atom. The number of rotatable bonds is 5. The maximum Gasteiger partial charge on any atom is 0.251 e. The van der Waals surface area contributed by atoms with Crippen molar-refractivity contribution in [2.24, 2.45) is 7.05 Å². The third kappa shape index (κ3) is 3.99. The highest BCUT2D eigenvalue weighted by Gasteiger charge is 2.17. The third-order valence-electron chi connectivity index (χ3n) is 5.64. The van der Waals surface area contributed by atoms with Gasteiger partial charge in [-0.1, -0.05) is 29.8 Å². The lowest BCUT2D eigenvalue weighted by Crippen LogP contribution is -2.26. The molecule has 0 aliphatic rings. The first kappa shape index (κ1) is 20.5. The van der Waals surface area contributed by atoms with Crippen molar-refractivity contribution in [3.05, 3.63) is 82.9 Å². The molecule has 0 saturated carbocycles. The lowest BCUT2D eigenvalue weighted by atomic mass is 10.1. The van der Waals surface area contributed by atoms with Gasteiger partial charge < -0.3 is 9.88 Å². The van der Waals surface area contributed by atoms with Crippen molar-refractivity contribution >= 4 is 5.91 Å². The highest BCUT2D eigenvalue weighted by Crippen LogP contribution is 2.22. The molecule has 7 heteroatoms. The van der Waals surface area contributed by atoms with Crippen molar-refractivity contribution in [3.63, 3.8) is 0 Å². The van der Waals surface area contributed by atoms with Gasteiger partial charge in [0.1, 0.15) is 5.82 Å². The molecule has 0 bridgehead atoms. The molecular formula is C24H26N6O. The molecule has 0 fully saturated rings. The minimum absolute atomic E-state index is 0.129. The van der Waals surface area contributed by atoms with Gasteiger partial charge in [0, 0.05) is 29.4 Å². The molecule has 4 rings (SSSR count). The van der Waals surface area contributed by atoms with Crippen molar-refractivity contribution in [2.75, 3.05) is 0 Å². The molecule has 2 aromatic heterocycles. The molecule has 4 aromatic rings. The van der Waals surface area contributed by atoms with Gasteiger partial charge in [-0.2, -0.15) is 5.10 Å². The van der Waals surface area contributed by atoms with E-state index in [0.717, 1.165) is 34.2 Å². The number of aromatic nitrogens is 5. The summed E-state index contributed by atoms with van der Waals surface area (Å²) >= 11 is 0. The highest BCUT2D eigenvalue weighted by molar-refractivity contribution is 5.94. The summed E-state index contributed by atoms with van der Waals surface area (Å²) < 4.78 is 3.82. The highest BCUT2D eigenvalue weighted by atomic mass is 16.1. The van der Waals surface area contributed by atoms with Gasteiger partial charge in [-0.05, 0) is 52.0 Å². The van der Waals surface area contributed by atoms with Crippen molar-refractivity contribution in [1.29, 1.82) is 0 Å². The average Bonchev–Trinajstić information content (AvgIpc) is 3.31. The number of carbonyl (C=O) groups is 1. The Labute approximate surface area is 181 Å². The van der Waals surface area contributed by atoms with E-state index >= 15 is 0 Å². The SMILES string of the molecule is Cc1ccc(-n2ncc([C@H](C)NC(=O)c3ccc(-c4nnc(C)n4C)cc3)c2C)cc1. The van der Waals surface area contributed by atoms with Crippen LogP contribution in [0.25, 0.3) is 17.1 Å². The second kappa shape index (κ2) is 8.18. The van der Waals surface area contributed by atoms with Gasteiger partial charge in [-0.3, -0.25) is 4.79 Å². The summed E-state index contributed by atoms with van der Waals surface area (Å²) in [7, 11) is 1.92. The predicted molar refractivity (Wildman–Crippen MR) is 120 cm³/mol. The minimum atomic E-state index is -0.173. The number of hydrogen-bond donors (Lipinski definition) is 1. The first-order chi connectivity index (χ1) is 14.8. The second-order valence-corrected chi connectivity index (χ2v) is 7.84. The maximum absolute atomic E-state index is 12.8. The Hall–Kier alpha value is -3.74. The molecule has 31 heavy (non-hydrogen) atoms. The molecule has 1 atom stereocenters. The van der Waals surface area contributed by atoms with Gasteiger partial charge >= 0.3 is 0 Å². The number of benzene rings is 2. The molecule has 0 spiro atoms. The average molecular weight is 415 g/mol. The maximum atomic E-state index is 12.8. The number of aryl methyl sites for hydroxylation is 2. The van der Waals surface area contributed by atoms with E-state index in [9.17, 15) is 4.79 Å². The Balaban J connectivity index is 1.49. The Kier molecular flexibility index (Phi) is 5.42. The predicted octanol–water partition coefficient (Wildman–Crippen LogP) is 4.08. The van der Waals surface area contributed by atoms with Gasteiger partial charge in [-0.25, -0.2) is 4.68 Å². The largest absolute Gasteiger partial charge is 0.345 e. The van der Waals surface area contributed by atoms with Crippen LogP contribution in [0.15, 0.2) is 54.7 Å². The molecule has 0 aliphatic heterocycles. The zero-order chi connectivity index (χ0) is 22.1. The van der Waals surface area contributed by atoms with E-state index in [0.29, 0.717) is 5.56 Å². The van der Waals surface area contributed by atoms with Crippen molar-refractivity contribution in [2.45, 2.75) is 33.7 Å². The summed E-state index contributed by atoms with van der Waals surface area (Å²) in [6, 6.07) is 15.4. The van der Waals surface area contributed by atoms with Gasteiger partial charge in [0.25, 0.3) is 5.91 Å². The summed E-state index contributed by atoms with van der Waals surface area (Å²) in [5.74, 6) is 1.49. The number of nitrogens with zero attached hydrogens (tertiary/aromatic N) is 5. The lowest BCUT2D eigenvalue weighted by molar-refractivity contribution is 0.0940. The van der Waals surface area contributed by atoms with Crippen LogP contribution in [0.4, 0.5) is 0 Å². The summed E-state index contributed by atoms with van der Waals surface area (Å²) in [5.41, 5.74) is 5.71. The van der Waals surface area contributed by atoms with Crippen LogP contribution in [0.2, 0.25) is 0 Å². The van der Waals surface area contributed by atoms with Crippen LogP contribution in [-0.4, -0.2) is 30.5 Å². The van der Waals surface area contributed by atoms with Crippen LogP contribution in [0.3, 0.4) is 0 Å². The van der Waals surface area contributed by atoms with Gasteiger partial charge in [0.05, 0.1) is 17.9 Å². The van der Waals surface area contributed by atoms with Gasteiger partial charge in [-0.15, -0.1) is 10.2 Å². The molecular weight excluding hydrogens is 388 g/mol. The minimum Gasteiger partial charge on any atom is -0.345 e. The van der Waals surface area contributed by atoms with E-state index in [1.807, 2.05) is 79.7 Å². The number of nitrogens with one attached hydrogen (secondary N) is 1. The molecule has 2 heterocycles. The second-order valence-electron chi connectivity index (χ2n) is 7.84. The molecule has 0 unspecified atom stereocenters. The molecule has 0 aliphatic carbocycles. The fraction of sp³-hybridized carbons (Fsp3) is 0.250. The van der Waals surface area contributed by atoms with E-state index in [-0.39, 0.29) is 11.9 Å². The Morgan fingerprint density at radius 1 is 0.968 bits per heavy atom. The number of hydrogen-bond acceptors (Lipinski definition) is 4. The van der Waals surface area contributed by atoms with Crippen LogP contribution in [0.5, 0.6) is 0 Å². The van der Waals surface area contributed by atoms with Crippen molar-refractivity contribution in [1.82, 2.24) is 29.9 Å². The Morgan fingerprint density at radius 2 is 1.65 bits per heavy atom. The molecule has 7 nitrogen and oxygen atoms in total. The van der Waals surface area contributed by atoms with Gasteiger partial charge in [0.2, 0.25) is 0 Å². The van der Waals surface area contributed by atoms with Gasteiger partial charge in [0.15, 0.2) is 5.82 Å². The summed E-state index contributed by atoms with van der Waals surface area (Å²) in [5, 5.41) is 15.9. The summed E-state index contributed by atoms with van der Waals surface area (Å²) in [6.07, 6.45) is 1.82. The van der Waals surface area contributed by atoms with Crippen LogP contribution in [0.1, 0.15) is 46.0 Å². The molecule has 0 radical (unpaired) electrons. The lowest BCUT2D eigenvalue weighted by Gasteiger charge is -2.14. The zero-order valence-electron chi connectivity index (χ0n) is 18.4. The van der Waals surface area contributed by atoms with Crippen LogP contribution in [-0.2, 0) is 7.05 Å². The van der Waals surface area contributed by atoms with E-state index in [1.165, 1.54) is 5.56 Å². The van der Waals surface area contributed by atoms with E-state index in [2.05, 4.69) is 39.7 Å². The van der Waals surface area contributed by atoms with Crippen LogP contribution >= 0.6 is 0 Å². The Bertz CT molecular complexity index is 1220. The first-order valence-corrected chi connectivity index (χ1v) is 10.2.